The molecule has 0 radical (unpaired) electrons. The second kappa shape index (κ2) is 8.87. The molecule has 19 heavy (non-hydrogen) atoms. The first-order chi connectivity index (χ1) is 9.13. The molecule has 0 aliphatic heterocycles. The van der Waals surface area contributed by atoms with Crippen molar-refractivity contribution in [3.8, 4) is 0 Å². The van der Waals surface area contributed by atoms with Crippen molar-refractivity contribution in [3.63, 3.8) is 0 Å². The second-order valence-electron chi connectivity index (χ2n) is 3.78. The summed E-state index contributed by atoms with van der Waals surface area (Å²) in [5.41, 5.74) is 0.0628. The molecule has 1 aromatic carbocycles. The van der Waals surface area contributed by atoms with Crippen LogP contribution in [0.25, 0.3) is 0 Å². The van der Waals surface area contributed by atoms with Crippen molar-refractivity contribution in [3.05, 3.63) is 34.4 Å². The van der Waals surface area contributed by atoms with Crippen molar-refractivity contribution >= 4 is 17.4 Å². The Hall–Kier alpha value is -1.15. The molecular weight excluding hydrogens is 270 g/mol. The SMILES string of the molecule is COCCOCC(O)CSc1ccc([N+](=O)[O-])cc1. The predicted molar refractivity (Wildman–Crippen MR) is 72.5 cm³/mol. The van der Waals surface area contributed by atoms with E-state index in [9.17, 15) is 15.2 Å². The van der Waals surface area contributed by atoms with Crippen LogP contribution in [-0.2, 0) is 9.47 Å². The number of nitro benzene ring substituents is 1. The third-order valence-electron chi connectivity index (χ3n) is 2.23. The van der Waals surface area contributed by atoms with Crippen LogP contribution in [0.5, 0.6) is 0 Å². The molecular formula is C12H17NO5S. The summed E-state index contributed by atoms with van der Waals surface area (Å²) >= 11 is 1.43. The first-order valence-corrected chi connectivity index (χ1v) is 6.74. The fraction of sp³-hybridized carbons (Fsp3) is 0.500. The van der Waals surface area contributed by atoms with E-state index in [1.165, 1.54) is 23.9 Å². The van der Waals surface area contributed by atoms with Gasteiger partial charge in [0.05, 0.1) is 30.8 Å². The van der Waals surface area contributed by atoms with E-state index in [1.54, 1.807) is 19.2 Å². The lowest BCUT2D eigenvalue weighted by Gasteiger charge is -2.10. The number of non-ortho nitro benzene ring substituents is 1. The molecule has 6 nitrogen and oxygen atoms in total. The molecule has 1 N–H and O–H groups in total. The van der Waals surface area contributed by atoms with Gasteiger partial charge in [-0.15, -0.1) is 11.8 Å². The number of ether oxygens (including phenoxy) is 2. The summed E-state index contributed by atoms with van der Waals surface area (Å²) in [6.07, 6.45) is -0.572. The molecule has 0 aliphatic carbocycles. The van der Waals surface area contributed by atoms with Crippen molar-refractivity contribution in [1.29, 1.82) is 0 Å². The molecule has 106 valence electrons. The number of rotatable bonds is 9. The average Bonchev–Trinajstić information content (AvgIpc) is 2.42. The average molecular weight is 287 g/mol. The summed E-state index contributed by atoms with van der Waals surface area (Å²) < 4.78 is 10.0. The third kappa shape index (κ3) is 6.53. The Bertz CT molecular complexity index is 384. The Morgan fingerprint density at radius 1 is 1.37 bits per heavy atom. The number of methoxy groups -OCH3 is 1. The highest BCUT2D eigenvalue weighted by atomic mass is 32.2. The maximum Gasteiger partial charge on any atom is 0.269 e. The van der Waals surface area contributed by atoms with Crippen LogP contribution >= 0.6 is 11.8 Å². The largest absolute Gasteiger partial charge is 0.390 e. The third-order valence-corrected chi connectivity index (χ3v) is 3.39. The van der Waals surface area contributed by atoms with E-state index < -0.39 is 11.0 Å². The molecule has 0 spiro atoms. The van der Waals surface area contributed by atoms with Gasteiger partial charge in [0, 0.05) is 29.9 Å². The molecule has 0 amide bonds. The van der Waals surface area contributed by atoms with E-state index >= 15 is 0 Å². The minimum atomic E-state index is -0.572. The zero-order valence-corrected chi connectivity index (χ0v) is 11.5. The molecule has 7 heteroatoms. The standard InChI is InChI=1S/C12H17NO5S/c1-17-6-7-18-8-11(14)9-19-12-4-2-10(3-5-12)13(15)16/h2-5,11,14H,6-9H2,1H3. The van der Waals surface area contributed by atoms with Crippen molar-refractivity contribution in [1.82, 2.24) is 0 Å². The number of nitrogens with zero attached hydrogens (tertiary/aromatic N) is 1. The lowest BCUT2D eigenvalue weighted by molar-refractivity contribution is -0.384. The molecule has 0 aromatic heterocycles. The molecule has 0 fully saturated rings. The Balaban J connectivity index is 2.25. The van der Waals surface area contributed by atoms with Crippen LogP contribution < -0.4 is 0 Å². The minimum Gasteiger partial charge on any atom is -0.390 e. The van der Waals surface area contributed by atoms with E-state index in [0.717, 1.165) is 4.90 Å². The highest BCUT2D eigenvalue weighted by Crippen LogP contribution is 2.21. The van der Waals surface area contributed by atoms with Crippen LogP contribution in [0.1, 0.15) is 0 Å². The van der Waals surface area contributed by atoms with Crippen molar-refractivity contribution in [2.45, 2.75) is 11.0 Å². The van der Waals surface area contributed by atoms with Crippen molar-refractivity contribution in [2.75, 3.05) is 32.7 Å². The Morgan fingerprint density at radius 3 is 2.63 bits per heavy atom. The topological polar surface area (TPSA) is 81.8 Å². The summed E-state index contributed by atoms with van der Waals surface area (Å²) in [5, 5.41) is 20.1. The van der Waals surface area contributed by atoms with Crippen molar-refractivity contribution in [2.24, 2.45) is 0 Å². The Morgan fingerprint density at radius 2 is 2.05 bits per heavy atom. The van der Waals surface area contributed by atoms with Crippen molar-refractivity contribution < 1.29 is 19.5 Å². The van der Waals surface area contributed by atoms with Gasteiger partial charge in [-0.2, -0.15) is 0 Å². The monoisotopic (exact) mass is 287 g/mol. The zero-order valence-electron chi connectivity index (χ0n) is 10.7. The van der Waals surface area contributed by atoms with Gasteiger partial charge in [0.25, 0.3) is 5.69 Å². The first kappa shape index (κ1) is 15.9. The van der Waals surface area contributed by atoms with Gasteiger partial charge >= 0.3 is 0 Å². The number of aliphatic hydroxyl groups is 1. The highest BCUT2D eigenvalue weighted by Gasteiger charge is 2.07. The summed E-state index contributed by atoms with van der Waals surface area (Å²) in [7, 11) is 1.59. The van der Waals surface area contributed by atoms with Crippen LogP contribution in [0, 0.1) is 10.1 Å². The summed E-state index contributed by atoms with van der Waals surface area (Å²) in [5.74, 6) is 0.477. The van der Waals surface area contributed by atoms with Gasteiger partial charge in [-0.25, -0.2) is 0 Å². The Labute approximate surface area is 115 Å². The molecule has 1 aromatic rings. The summed E-state index contributed by atoms with van der Waals surface area (Å²) in [4.78, 5) is 10.9. The van der Waals surface area contributed by atoms with Gasteiger partial charge in [-0.3, -0.25) is 10.1 Å². The fourth-order valence-electron chi connectivity index (χ4n) is 1.27. The van der Waals surface area contributed by atoms with Gasteiger partial charge < -0.3 is 14.6 Å². The quantitative estimate of drug-likeness (QED) is 0.322. The summed E-state index contributed by atoms with van der Waals surface area (Å²) in [6.45, 7) is 1.21. The molecule has 0 saturated heterocycles. The molecule has 0 heterocycles. The number of aliphatic hydroxyl groups excluding tert-OH is 1. The summed E-state index contributed by atoms with van der Waals surface area (Å²) in [6, 6.07) is 6.23. The van der Waals surface area contributed by atoms with Crippen LogP contribution in [0.3, 0.4) is 0 Å². The smallest absolute Gasteiger partial charge is 0.269 e. The number of nitro groups is 1. The van der Waals surface area contributed by atoms with E-state index in [2.05, 4.69) is 0 Å². The Kier molecular flexibility index (Phi) is 7.42. The number of hydrogen-bond acceptors (Lipinski definition) is 6. The van der Waals surface area contributed by atoms with Crippen LogP contribution in [0.4, 0.5) is 5.69 Å². The molecule has 1 atom stereocenters. The van der Waals surface area contributed by atoms with Crippen LogP contribution in [0.15, 0.2) is 29.2 Å². The zero-order chi connectivity index (χ0) is 14.1. The number of benzene rings is 1. The normalized spacial score (nSPS) is 12.3. The number of thioether (sulfide) groups is 1. The lowest BCUT2D eigenvalue weighted by atomic mass is 10.3. The fourth-order valence-corrected chi connectivity index (χ4v) is 2.08. The van der Waals surface area contributed by atoms with Crippen LogP contribution in [-0.4, -0.2) is 48.8 Å². The minimum absolute atomic E-state index is 0.0628. The molecule has 0 bridgehead atoms. The maximum absolute atomic E-state index is 10.5. The maximum atomic E-state index is 10.5. The molecule has 0 saturated carbocycles. The van der Waals surface area contributed by atoms with Gasteiger partial charge in [-0.1, -0.05) is 0 Å². The lowest BCUT2D eigenvalue weighted by Crippen LogP contribution is -2.19. The van der Waals surface area contributed by atoms with Gasteiger partial charge in [0.2, 0.25) is 0 Å². The van der Waals surface area contributed by atoms with Crippen LogP contribution in [0.2, 0.25) is 0 Å². The van der Waals surface area contributed by atoms with E-state index in [4.69, 9.17) is 9.47 Å². The first-order valence-electron chi connectivity index (χ1n) is 5.75. The predicted octanol–water partition coefficient (Wildman–Crippen LogP) is 1.71. The van der Waals surface area contributed by atoms with Gasteiger partial charge in [0.15, 0.2) is 0 Å². The highest BCUT2D eigenvalue weighted by molar-refractivity contribution is 7.99. The van der Waals surface area contributed by atoms with Gasteiger partial charge in [-0.05, 0) is 12.1 Å². The van der Waals surface area contributed by atoms with E-state index in [-0.39, 0.29) is 12.3 Å². The van der Waals surface area contributed by atoms with E-state index in [1.807, 2.05) is 0 Å². The molecule has 1 unspecified atom stereocenters. The van der Waals surface area contributed by atoms with E-state index in [0.29, 0.717) is 19.0 Å². The second-order valence-corrected chi connectivity index (χ2v) is 4.88. The van der Waals surface area contributed by atoms with Gasteiger partial charge in [0.1, 0.15) is 0 Å². The molecule has 1 rings (SSSR count). The molecule has 0 aliphatic rings. The number of hydrogen-bond donors (Lipinski definition) is 1.